The highest BCUT2D eigenvalue weighted by atomic mass is 31.3. The van der Waals surface area contributed by atoms with Crippen molar-refractivity contribution in [2.45, 2.75) is 62.3 Å². The molecule has 0 aliphatic heterocycles. The number of nitrogens with zero attached hydrogens (tertiary/aromatic N) is 3. The molecule has 0 spiro atoms. The molecular weight excluding hydrogens is 432 g/mol. The van der Waals surface area contributed by atoms with E-state index in [1.165, 1.54) is 58.9 Å². The van der Waals surface area contributed by atoms with Gasteiger partial charge in [0.05, 0.1) is 0 Å². The molecule has 0 radical (unpaired) electrons. The minimum Gasteiger partial charge on any atom is -0.304 e. The smallest absolute Gasteiger partial charge is 0.304 e. The van der Waals surface area contributed by atoms with Crippen LogP contribution in [-0.4, -0.2) is 93.2 Å². The van der Waals surface area contributed by atoms with E-state index in [9.17, 15) is 9.13 Å². The first-order valence-corrected chi connectivity index (χ1v) is 13.8. The van der Waals surface area contributed by atoms with Gasteiger partial charge in [0.2, 0.25) is 0 Å². The lowest BCUT2D eigenvalue weighted by molar-refractivity contribution is 0.225. The number of hydrogen-bond donors (Lipinski definition) is 4. The lowest BCUT2D eigenvalue weighted by Crippen LogP contribution is -2.21. The molecule has 0 atom stereocenters. The Hall–Kier alpha value is 0.140. The summed E-state index contributed by atoms with van der Waals surface area (Å²) in [6.45, 7) is 30.4. The highest BCUT2D eigenvalue weighted by Gasteiger charge is 2.27. The van der Waals surface area contributed by atoms with E-state index in [2.05, 4.69) is 81.3 Å². The third-order valence-electron chi connectivity index (χ3n) is 4.24. The molecule has 10 nitrogen and oxygen atoms in total. The van der Waals surface area contributed by atoms with Crippen molar-refractivity contribution >= 4 is 15.6 Å². The predicted octanol–water partition coefficient (Wildman–Crippen LogP) is 3.23. The van der Waals surface area contributed by atoms with Crippen molar-refractivity contribution < 1.29 is 33.0 Å². The van der Waals surface area contributed by atoms with Gasteiger partial charge in [0.25, 0.3) is 0 Å². The van der Waals surface area contributed by atoms with Crippen LogP contribution in [-0.2, 0) is 13.4 Å². The van der Waals surface area contributed by atoms with Gasteiger partial charge >= 0.3 is 15.6 Å². The Kier molecular flexibility index (Phi) is 29.7. The second kappa shape index (κ2) is 23.8. The second-order valence-electron chi connectivity index (χ2n) is 5.92. The minimum atomic E-state index is -5.05. The fraction of sp³-hybridized carbons (Fsp3) is 1.00. The van der Waals surface area contributed by atoms with Crippen LogP contribution in [0.3, 0.4) is 0 Å². The molecule has 0 bridgehead atoms. The molecule has 0 aliphatic carbocycles. The summed E-state index contributed by atoms with van der Waals surface area (Å²) in [6.07, 6.45) is 0. The average molecular weight is 482 g/mol. The topological polar surface area (TPSA) is 134 Å². The molecule has 12 heteroatoms. The van der Waals surface area contributed by atoms with Crippen LogP contribution in [0.2, 0.25) is 0 Å². The fourth-order valence-corrected chi connectivity index (χ4v) is 3.26. The molecule has 0 amide bonds. The van der Waals surface area contributed by atoms with Crippen LogP contribution in [0.15, 0.2) is 0 Å². The van der Waals surface area contributed by atoms with Gasteiger partial charge in [-0.1, -0.05) is 62.3 Å². The van der Waals surface area contributed by atoms with Crippen LogP contribution in [0.5, 0.6) is 0 Å². The van der Waals surface area contributed by atoms with Crippen molar-refractivity contribution in [1.82, 2.24) is 14.7 Å². The van der Waals surface area contributed by atoms with Gasteiger partial charge in [-0.25, -0.2) is 9.13 Å². The van der Waals surface area contributed by atoms with Crippen LogP contribution < -0.4 is 0 Å². The summed E-state index contributed by atoms with van der Waals surface area (Å²) in [6, 6.07) is 0. The Morgan fingerprint density at radius 2 is 0.600 bits per heavy atom. The van der Waals surface area contributed by atoms with E-state index in [1.807, 2.05) is 0 Å². The molecular formula is C18H49N3O7P2. The lowest BCUT2D eigenvalue weighted by Gasteiger charge is -2.13. The third kappa shape index (κ3) is 35.6. The molecule has 30 heavy (non-hydrogen) atoms. The van der Waals surface area contributed by atoms with Crippen LogP contribution in [0.4, 0.5) is 0 Å². The van der Waals surface area contributed by atoms with E-state index < -0.39 is 15.6 Å². The van der Waals surface area contributed by atoms with Gasteiger partial charge in [0.1, 0.15) is 0 Å². The van der Waals surface area contributed by atoms with E-state index in [-0.39, 0.29) is 0 Å². The first kappa shape index (κ1) is 37.5. The number of rotatable bonds is 11. The van der Waals surface area contributed by atoms with Crippen molar-refractivity contribution in [3.05, 3.63) is 0 Å². The molecule has 4 N–H and O–H groups in total. The van der Waals surface area contributed by atoms with Gasteiger partial charge in [0, 0.05) is 0 Å². The van der Waals surface area contributed by atoms with E-state index >= 15 is 0 Å². The molecule has 0 aromatic carbocycles. The first-order chi connectivity index (χ1) is 13.7. The molecule has 0 unspecified atom stereocenters. The van der Waals surface area contributed by atoms with Gasteiger partial charge in [-0.3, -0.25) is 0 Å². The fourth-order valence-electron chi connectivity index (χ4n) is 2.15. The van der Waals surface area contributed by atoms with Gasteiger partial charge in [0.15, 0.2) is 0 Å². The van der Waals surface area contributed by atoms with Crippen molar-refractivity contribution in [3.8, 4) is 0 Å². The zero-order chi connectivity index (χ0) is 24.8. The molecule has 0 aliphatic rings. The van der Waals surface area contributed by atoms with E-state index in [1.54, 1.807) is 0 Å². The van der Waals surface area contributed by atoms with E-state index in [4.69, 9.17) is 19.6 Å². The highest BCUT2D eigenvalue weighted by Crippen LogP contribution is 2.53. The monoisotopic (exact) mass is 481 g/mol. The normalized spacial score (nSPS) is 11.3. The van der Waals surface area contributed by atoms with Gasteiger partial charge in [-0.15, -0.1) is 0 Å². The summed E-state index contributed by atoms with van der Waals surface area (Å²) in [5, 5.41) is 0. The number of hydrogen-bond acceptors (Lipinski definition) is 6. The lowest BCUT2D eigenvalue weighted by atomic mass is 10.5. The molecule has 0 fully saturated rings. The molecule has 0 saturated heterocycles. The minimum absolute atomic E-state index is 1.19. The first-order valence-electron chi connectivity index (χ1n) is 10.7. The van der Waals surface area contributed by atoms with Gasteiger partial charge < -0.3 is 34.3 Å². The summed E-state index contributed by atoms with van der Waals surface area (Å²) in [5.41, 5.74) is 0. The Labute approximate surface area is 185 Å². The van der Waals surface area contributed by atoms with Crippen LogP contribution in [0.1, 0.15) is 62.3 Å². The van der Waals surface area contributed by atoms with E-state index in [0.717, 1.165) is 0 Å². The quantitative estimate of drug-likeness (QED) is 0.326. The SMILES string of the molecule is CCN(CC)CC.CCN(CC)CC.CCN(CC)CC.O=P(O)(O)OP(=O)(O)O. The van der Waals surface area contributed by atoms with E-state index in [0.29, 0.717) is 0 Å². The summed E-state index contributed by atoms with van der Waals surface area (Å²) in [5.74, 6) is 0. The molecule has 0 saturated carbocycles. The second-order valence-corrected chi connectivity index (χ2v) is 8.54. The Morgan fingerprint density at radius 3 is 0.600 bits per heavy atom. The maximum atomic E-state index is 9.63. The highest BCUT2D eigenvalue weighted by molar-refractivity contribution is 7.60. The summed E-state index contributed by atoms with van der Waals surface area (Å²) >= 11 is 0. The zero-order valence-electron chi connectivity index (χ0n) is 20.6. The zero-order valence-corrected chi connectivity index (χ0v) is 22.4. The standard InChI is InChI=1S/3C6H15N.H4O7P2/c3*1-4-7(5-2)6-3;1-8(2,3)7-9(4,5)6/h3*4-6H2,1-3H3;(H2,1,2,3)(H2,4,5,6). The predicted molar refractivity (Wildman–Crippen MR) is 126 cm³/mol. The largest absolute Gasteiger partial charge is 0.478 e. The molecule has 0 rings (SSSR count). The van der Waals surface area contributed by atoms with Crippen LogP contribution in [0, 0.1) is 0 Å². The molecule has 188 valence electrons. The summed E-state index contributed by atoms with van der Waals surface area (Å²) < 4.78 is 22.2. The van der Waals surface area contributed by atoms with Crippen LogP contribution in [0.25, 0.3) is 0 Å². The Balaban J connectivity index is -0.000000151. The maximum absolute atomic E-state index is 9.63. The van der Waals surface area contributed by atoms with Crippen molar-refractivity contribution in [2.24, 2.45) is 0 Å². The molecule has 0 aromatic heterocycles. The van der Waals surface area contributed by atoms with Crippen molar-refractivity contribution in [1.29, 1.82) is 0 Å². The molecule has 0 heterocycles. The Morgan fingerprint density at radius 1 is 0.467 bits per heavy atom. The average Bonchev–Trinajstić information content (AvgIpc) is 2.65. The Bertz CT molecular complexity index is 357. The summed E-state index contributed by atoms with van der Waals surface area (Å²) in [7, 11) is -10.1. The third-order valence-corrected chi connectivity index (χ3v) is 5.94. The maximum Gasteiger partial charge on any atom is 0.478 e. The van der Waals surface area contributed by atoms with Crippen LogP contribution >= 0.6 is 15.6 Å². The van der Waals surface area contributed by atoms with Crippen molar-refractivity contribution in [2.75, 3.05) is 58.9 Å². The van der Waals surface area contributed by atoms with Crippen molar-refractivity contribution in [3.63, 3.8) is 0 Å². The summed E-state index contributed by atoms with van der Waals surface area (Å²) in [4.78, 5) is 38.1. The molecule has 0 aromatic rings. The van der Waals surface area contributed by atoms with Gasteiger partial charge in [-0.2, -0.15) is 4.31 Å². The number of phosphoric acid groups is 2. The van der Waals surface area contributed by atoms with Gasteiger partial charge in [-0.05, 0) is 58.9 Å².